The lowest BCUT2D eigenvalue weighted by atomic mass is 9.54. The zero-order chi connectivity index (χ0) is 21.4. The second kappa shape index (κ2) is 9.21. The first-order valence-electron chi connectivity index (χ1n) is 11.6. The Morgan fingerprint density at radius 3 is 2.19 bits per heavy atom. The Labute approximate surface area is 195 Å². The van der Waals surface area contributed by atoms with Crippen molar-refractivity contribution in [3.63, 3.8) is 0 Å². The molecular formula is C26H31Cl2NO2. The molecule has 0 amide bonds. The molecule has 0 spiro atoms. The summed E-state index contributed by atoms with van der Waals surface area (Å²) in [7, 11) is 0. The van der Waals surface area contributed by atoms with Crippen LogP contribution in [0.1, 0.15) is 50.2 Å². The Balaban J connectivity index is 1.27. The van der Waals surface area contributed by atoms with Gasteiger partial charge in [-0.15, -0.1) is 0 Å². The lowest BCUT2D eigenvalue weighted by molar-refractivity contribution is -0.0142. The number of nitrogens with one attached hydrogen (secondary N) is 1. The maximum absolute atomic E-state index is 6.65. The molecule has 166 valence electrons. The summed E-state index contributed by atoms with van der Waals surface area (Å²) in [6.45, 7) is 3.79. The van der Waals surface area contributed by atoms with Crippen LogP contribution in [-0.4, -0.2) is 12.6 Å². The molecule has 31 heavy (non-hydrogen) atoms. The van der Waals surface area contributed by atoms with Gasteiger partial charge in [-0.3, -0.25) is 0 Å². The topological polar surface area (TPSA) is 30.5 Å². The predicted molar refractivity (Wildman–Crippen MR) is 126 cm³/mol. The molecule has 4 fully saturated rings. The molecular weight excluding hydrogens is 429 g/mol. The van der Waals surface area contributed by atoms with E-state index in [2.05, 4.69) is 11.4 Å². The fourth-order valence-corrected chi connectivity index (χ4v) is 6.77. The number of halogens is 2. The van der Waals surface area contributed by atoms with E-state index in [1.165, 1.54) is 32.1 Å². The summed E-state index contributed by atoms with van der Waals surface area (Å²) in [6.07, 6.45) is 7.19. The average Bonchev–Trinajstić information content (AvgIpc) is 2.74. The van der Waals surface area contributed by atoms with Crippen molar-refractivity contribution in [2.24, 2.45) is 23.7 Å². The van der Waals surface area contributed by atoms with Gasteiger partial charge in [0.05, 0.1) is 11.6 Å². The number of benzene rings is 2. The van der Waals surface area contributed by atoms with Gasteiger partial charge >= 0.3 is 0 Å². The van der Waals surface area contributed by atoms with E-state index in [0.29, 0.717) is 40.8 Å². The molecule has 4 aliphatic rings. The lowest BCUT2D eigenvalue weighted by Gasteiger charge is -2.54. The third-order valence-corrected chi connectivity index (χ3v) is 7.97. The van der Waals surface area contributed by atoms with Gasteiger partial charge in [0.25, 0.3) is 0 Å². The highest BCUT2D eigenvalue weighted by molar-refractivity contribution is 6.32. The molecule has 0 aromatic heterocycles. The van der Waals surface area contributed by atoms with Crippen molar-refractivity contribution in [1.29, 1.82) is 0 Å². The smallest absolute Gasteiger partial charge is 0.180 e. The highest BCUT2D eigenvalue weighted by Gasteiger charge is 2.47. The first-order valence-corrected chi connectivity index (χ1v) is 12.4. The van der Waals surface area contributed by atoms with E-state index in [1.807, 2.05) is 37.3 Å². The zero-order valence-electron chi connectivity index (χ0n) is 18.1. The number of rotatable bonds is 8. The maximum atomic E-state index is 6.65. The first kappa shape index (κ1) is 21.4. The van der Waals surface area contributed by atoms with Crippen LogP contribution in [0.15, 0.2) is 36.4 Å². The molecule has 0 unspecified atom stereocenters. The first-order chi connectivity index (χ1) is 15.1. The summed E-state index contributed by atoms with van der Waals surface area (Å²) in [5, 5.41) is 5.21. The van der Waals surface area contributed by atoms with E-state index >= 15 is 0 Å². The van der Waals surface area contributed by atoms with Crippen molar-refractivity contribution in [2.75, 3.05) is 6.61 Å². The fourth-order valence-electron chi connectivity index (χ4n) is 6.36. The molecule has 0 atom stereocenters. The van der Waals surface area contributed by atoms with Crippen LogP contribution in [0.2, 0.25) is 10.0 Å². The molecule has 6 rings (SSSR count). The van der Waals surface area contributed by atoms with Crippen molar-refractivity contribution < 1.29 is 9.47 Å². The van der Waals surface area contributed by atoms with E-state index in [-0.39, 0.29) is 0 Å². The highest BCUT2D eigenvalue weighted by Crippen LogP contribution is 2.53. The van der Waals surface area contributed by atoms with Gasteiger partial charge in [0, 0.05) is 17.6 Å². The summed E-state index contributed by atoms with van der Waals surface area (Å²) >= 11 is 12.6. The largest absolute Gasteiger partial charge is 0.490 e. The van der Waals surface area contributed by atoms with Crippen LogP contribution in [0.4, 0.5) is 0 Å². The van der Waals surface area contributed by atoms with Crippen LogP contribution < -0.4 is 14.8 Å². The Bertz CT molecular complexity index is 886. The summed E-state index contributed by atoms with van der Waals surface area (Å²) in [5.41, 5.74) is 2.19. The van der Waals surface area contributed by atoms with Crippen molar-refractivity contribution in [1.82, 2.24) is 5.32 Å². The van der Waals surface area contributed by atoms with Gasteiger partial charge in [0.2, 0.25) is 0 Å². The monoisotopic (exact) mass is 459 g/mol. The van der Waals surface area contributed by atoms with Crippen molar-refractivity contribution in [2.45, 2.75) is 58.2 Å². The predicted octanol–water partition coefficient (Wildman–Crippen LogP) is 6.89. The molecule has 0 radical (unpaired) electrons. The molecule has 3 nitrogen and oxygen atoms in total. The van der Waals surface area contributed by atoms with Crippen LogP contribution in [0, 0.1) is 23.7 Å². The Morgan fingerprint density at radius 2 is 1.55 bits per heavy atom. The van der Waals surface area contributed by atoms with E-state index in [1.54, 1.807) is 0 Å². The summed E-state index contributed by atoms with van der Waals surface area (Å²) in [4.78, 5) is 0. The van der Waals surface area contributed by atoms with Gasteiger partial charge in [-0.2, -0.15) is 0 Å². The molecule has 1 N–H and O–H groups in total. The Hall–Kier alpha value is -1.42. The van der Waals surface area contributed by atoms with E-state index < -0.39 is 0 Å². The lowest BCUT2D eigenvalue weighted by Crippen LogP contribution is -2.54. The van der Waals surface area contributed by atoms with Gasteiger partial charge in [-0.05, 0) is 98.1 Å². The van der Waals surface area contributed by atoms with Crippen LogP contribution in [0.5, 0.6) is 11.5 Å². The fraction of sp³-hybridized carbons (Fsp3) is 0.538. The van der Waals surface area contributed by atoms with Gasteiger partial charge in [-0.25, -0.2) is 0 Å². The second-order valence-corrected chi connectivity index (χ2v) is 10.4. The summed E-state index contributed by atoms with van der Waals surface area (Å²) in [5.74, 6) is 5.04. The van der Waals surface area contributed by atoms with E-state index in [0.717, 1.165) is 41.3 Å². The normalized spacial score (nSPS) is 28.7. The van der Waals surface area contributed by atoms with Crippen LogP contribution in [0.3, 0.4) is 0 Å². The van der Waals surface area contributed by atoms with Crippen LogP contribution in [-0.2, 0) is 13.2 Å². The van der Waals surface area contributed by atoms with Crippen LogP contribution in [0.25, 0.3) is 0 Å². The second-order valence-electron chi connectivity index (χ2n) is 9.59. The molecule has 5 heteroatoms. The minimum atomic E-state index is 0.419. The minimum absolute atomic E-state index is 0.419. The Kier molecular flexibility index (Phi) is 6.37. The summed E-state index contributed by atoms with van der Waals surface area (Å²) in [6, 6.07) is 12.4. The molecule has 4 aliphatic carbocycles. The zero-order valence-corrected chi connectivity index (χ0v) is 19.6. The standard InChI is InChI=1S/C26H31Cl2NO2/c1-2-30-24-13-19(12-23(28)26(24)31-15-16-3-5-22(27)6-4-16)14-29-25-20-8-17-7-18(10-20)11-21(25)9-17/h3-6,12-13,17-18,20-21,25,29H,2,7-11,14-15H2,1H3. The van der Waals surface area contributed by atoms with Crippen LogP contribution >= 0.6 is 23.2 Å². The quantitative estimate of drug-likeness (QED) is 0.466. The molecule has 0 aliphatic heterocycles. The number of ether oxygens (including phenoxy) is 2. The summed E-state index contributed by atoms with van der Waals surface area (Å²) < 4.78 is 11.9. The average molecular weight is 460 g/mol. The molecule has 4 bridgehead atoms. The molecule has 2 aromatic carbocycles. The van der Waals surface area contributed by atoms with Gasteiger partial charge in [0.1, 0.15) is 6.61 Å². The molecule has 0 saturated heterocycles. The molecule has 0 heterocycles. The molecule has 2 aromatic rings. The minimum Gasteiger partial charge on any atom is -0.490 e. The van der Waals surface area contributed by atoms with E-state index in [9.17, 15) is 0 Å². The third kappa shape index (κ3) is 4.69. The van der Waals surface area contributed by atoms with Gasteiger partial charge < -0.3 is 14.8 Å². The van der Waals surface area contributed by atoms with E-state index in [4.69, 9.17) is 32.7 Å². The van der Waals surface area contributed by atoms with Crippen molar-refractivity contribution >= 4 is 23.2 Å². The maximum Gasteiger partial charge on any atom is 0.180 e. The van der Waals surface area contributed by atoms with Crippen molar-refractivity contribution in [3.05, 3.63) is 57.6 Å². The SMILES string of the molecule is CCOc1cc(CNC2C3CC4CC(C3)CC2C4)cc(Cl)c1OCc1ccc(Cl)cc1. The number of hydrogen-bond acceptors (Lipinski definition) is 3. The van der Waals surface area contributed by atoms with Crippen molar-refractivity contribution in [3.8, 4) is 11.5 Å². The van der Waals surface area contributed by atoms with Gasteiger partial charge in [-0.1, -0.05) is 35.3 Å². The van der Waals surface area contributed by atoms with Gasteiger partial charge in [0.15, 0.2) is 11.5 Å². The highest BCUT2D eigenvalue weighted by atomic mass is 35.5. The number of hydrogen-bond donors (Lipinski definition) is 1. The third-order valence-electron chi connectivity index (χ3n) is 7.43. The Morgan fingerprint density at radius 1 is 0.871 bits per heavy atom. The molecule has 4 saturated carbocycles.